The molecule has 0 radical (unpaired) electrons. The van der Waals surface area contributed by atoms with Crippen molar-refractivity contribution in [1.29, 1.82) is 0 Å². The van der Waals surface area contributed by atoms with Crippen molar-refractivity contribution in [3.8, 4) is 0 Å². The second kappa shape index (κ2) is 2.58. The first-order valence-corrected chi connectivity index (χ1v) is 3.89. The zero-order valence-corrected chi connectivity index (χ0v) is 6.47. The lowest BCUT2D eigenvalue weighted by molar-refractivity contribution is -0.139. The van der Waals surface area contributed by atoms with Crippen molar-refractivity contribution in [2.24, 2.45) is 0 Å². The average molecular weight is 167 g/mol. The van der Waals surface area contributed by atoms with Crippen molar-refractivity contribution >= 4 is 5.97 Å². The Hall–Kier alpha value is -1.39. The molecule has 1 N–H and O–H groups in total. The summed E-state index contributed by atoms with van der Waals surface area (Å²) < 4.78 is 1.81. The Bertz CT molecular complexity index is 307. The van der Waals surface area contributed by atoms with Gasteiger partial charge in [0.1, 0.15) is 18.1 Å². The number of aromatic nitrogens is 3. The number of nitrogens with zero attached hydrogens (tertiary/aromatic N) is 3. The van der Waals surface area contributed by atoms with Crippen LogP contribution in [0, 0.1) is 0 Å². The highest BCUT2D eigenvalue weighted by molar-refractivity contribution is 5.74. The normalized spacial score (nSPS) is 21.8. The summed E-state index contributed by atoms with van der Waals surface area (Å²) in [6.07, 6.45) is 3.15. The molecule has 64 valence electrons. The summed E-state index contributed by atoms with van der Waals surface area (Å²) in [6, 6.07) is 0. The summed E-state index contributed by atoms with van der Waals surface area (Å²) in [6.45, 7) is 0.839. The van der Waals surface area contributed by atoms with Crippen molar-refractivity contribution < 1.29 is 9.90 Å². The maximum Gasteiger partial charge on any atom is 0.314 e. The van der Waals surface area contributed by atoms with Crippen LogP contribution in [0.4, 0.5) is 0 Å². The molecule has 1 aliphatic rings. The van der Waals surface area contributed by atoms with E-state index in [0.29, 0.717) is 12.2 Å². The van der Waals surface area contributed by atoms with Crippen molar-refractivity contribution in [3.05, 3.63) is 12.2 Å². The molecule has 0 aliphatic carbocycles. The van der Waals surface area contributed by atoms with Crippen LogP contribution in [0.2, 0.25) is 0 Å². The molecule has 5 nitrogen and oxygen atoms in total. The van der Waals surface area contributed by atoms with Gasteiger partial charge < -0.3 is 9.67 Å². The Morgan fingerprint density at radius 3 is 3.33 bits per heavy atom. The van der Waals surface area contributed by atoms with Crippen LogP contribution in [0.15, 0.2) is 6.33 Å². The summed E-state index contributed by atoms with van der Waals surface area (Å²) in [4.78, 5) is 10.7. The molecule has 5 heteroatoms. The van der Waals surface area contributed by atoms with Crippen LogP contribution in [0.5, 0.6) is 0 Å². The van der Waals surface area contributed by atoms with E-state index in [9.17, 15) is 4.79 Å². The van der Waals surface area contributed by atoms with Gasteiger partial charge in [-0.1, -0.05) is 0 Å². The van der Waals surface area contributed by atoms with Gasteiger partial charge in [0, 0.05) is 6.54 Å². The van der Waals surface area contributed by atoms with Crippen LogP contribution >= 0.6 is 0 Å². The number of rotatable bonds is 1. The molecule has 1 aliphatic heterocycles. The van der Waals surface area contributed by atoms with Gasteiger partial charge in [0.2, 0.25) is 0 Å². The Morgan fingerprint density at radius 2 is 2.58 bits per heavy atom. The van der Waals surface area contributed by atoms with E-state index in [-0.39, 0.29) is 0 Å². The molecule has 2 rings (SSSR count). The van der Waals surface area contributed by atoms with E-state index in [1.807, 2.05) is 4.57 Å². The quantitative estimate of drug-likeness (QED) is 0.650. The SMILES string of the molecule is O=C(O)C1CCCn2cnnc21. The van der Waals surface area contributed by atoms with Crippen LogP contribution in [0.25, 0.3) is 0 Å². The lowest BCUT2D eigenvalue weighted by Crippen LogP contribution is -2.21. The fourth-order valence-corrected chi connectivity index (χ4v) is 1.53. The Kier molecular flexibility index (Phi) is 1.56. The van der Waals surface area contributed by atoms with Gasteiger partial charge in [-0.05, 0) is 12.8 Å². The molecule has 1 unspecified atom stereocenters. The fourth-order valence-electron chi connectivity index (χ4n) is 1.53. The van der Waals surface area contributed by atoms with Gasteiger partial charge in [-0.3, -0.25) is 4.79 Å². The van der Waals surface area contributed by atoms with Crippen LogP contribution in [0.3, 0.4) is 0 Å². The van der Waals surface area contributed by atoms with Crippen molar-refractivity contribution in [2.45, 2.75) is 25.3 Å². The van der Waals surface area contributed by atoms with Crippen LogP contribution < -0.4 is 0 Å². The number of carboxylic acid groups (broad SMARTS) is 1. The number of aliphatic carboxylic acids is 1. The van der Waals surface area contributed by atoms with Gasteiger partial charge in [-0.25, -0.2) is 0 Å². The van der Waals surface area contributed by atoms with E-state index in [4.69, 9.17) is 5.11 Å². The zero-order valence-electron chi connectivity index (χ0n) is 6.47. The van der Waals surface area contributed by atoms with Gasteiger partial charge in [0.25, 0.3) is 0 Å². The van der Waals surface area contributed by atoms with Gasteiger partial charge in [-0.2, -0.15) is 0 Å². The number of fused-ring (bicyclic) bond motifs is 1. The second-order valence-electron chi connectivity index (χ2n) is 2.92. The number of hydrogen-bond donors (Lipinski definition) is 1. The first-order valence-electron chi connectivity index (χ1n) is 3.89. The van der Waals surface area contributed by atoms with E-state index in [0.717, 1.165) is 13.0 Å². The predicted octanol–water partition coefficient (Wildman–Crippen LogP) is 0.240. The minimum absolute atomic E-state index is 0.457. The molecular formula is C7H9N3O2. The predicted molar refractivity (Wildman–Crippen MR) is 39.6 cm³/mol. The van der Waals surface area contributed by atoms with Crippen LogP contribution in [0.1, 0.15) is 24.6 Å². The third-order valence-electron chi connectivity index (χ3n) is 2.15. The highest BCUT2D eigenvalue weighted by Gasteiger charge is 2.27. The minimum Gasteiger partial charge on any atom is -0.481 e. The molecule has 1 aromatic rings. The Morgan fingerprint density at radius 1 is 1.75 bits per heavy atom. The number of carbonyl (C=O) groups is 1. The van der Waals surface area contributed by atoms with E-state index in [1.165, 1.54) is 0 Å². The molecule has 0 bridgehead atoms. The monoisotopic (exact) mass is 167 g/mol. The van der Waals surface area contributed by atoms with Gasteiger partial charge in [-0.15, -0.1) is 10.2 Å². The molecule has 0 amide bonds. The molecule has 0 spiro atoms. The molecule has 0 saturated carbocycles. The summed E-state index contributed by atoms with van der Waals surface area (Å²) in [5.74, 6) is -0.668. The third kappa shape index (κ3) is 0.975. The minimum atomic E-state index is -0.802. The zero-order chi connectivity index (χ0) is 8.55. The number of hydrogen-bond acceptors (Lipinski definition) is 3. The molecule has 0 fully saturated rings. The van der Waals surface area contributed by atoms with E-state index >= 15 is 0 Å². The summed E-state index contributed by atoms with van der Waals surface area (Å²) >= 11 is 0. The highest BCUT2D eigenvalue weighted by atomic mass is 16.4. The van der Waals surface area contributed by atoms with Crippen molar-refractivity contribution in [1.82, 2.24) is 14.8 Å². The molecule has 0 aromatic carbocycles. The van der Waals surface area contributed by atoms with E-state index in [1.54, 1.807) is 6.33 Å². The average Bonchev–Trinajstić information content (AvgIpc) is 2.49. The van der Waals surface area contributed by atoms with Gasteiger partial charge in [0.05, 0.1) is 0 Å². The smallest absolute Gasteiger partial charge is 0.314 e. The standard InChI is InChI=1S/C7H9N3O2/c11-7(12)5-2-1-3-10-4-8-9-6(5)10/h4-5H,1-3H2,(H,11,12). The molecule has 0 saturated heterocycles. The lowest BCUT2D eigenvalue weighted by atomic mass is 9.99. The highest BCUT2D eigenvalue weighted by Crippen LogP contribution is 2.24. The van der Waals surface area contributed by atoms with E-state index in [2.05, 4.69) is 10.2 Å². The molecule has 2 heterocycles. The second-order valence-corrected chi connectivity index (χ2v) is 2.92. The van der Waals surface area contributed by atoms with Gasteiger partial charge >= 0.3 is 5.97 Å². The number of aryl methyl sites for hydroxylation is 1. The number of carboxylic acids is 1. The van der Waals surface area contributed by atoms with Crippen LogP contribution in [-0.2, 0) is 11.3 Å². The maximum absolute atomic E-state index is 10.7. The molecule has 12 heavy (non-hydrogen) atoms. The van der Waals surface area contributed by atoms with Crippen molar-refractivity contribution in [3.63, 3.8) is 0 Å². The summed E-state index contributed by atoms with van der Waals surface area (Å²) in [5.41, 5.74) is 0. The van der Waals surface area contributed by atoms with Crippen molar-refractivity contribution in [2.75, 3.05) is 0 Å². The van der Waals surface area contributed by atoms with E-state index < -0.39 is 11.9 Å². The first-order chi connectivity index (χ1) is 5.79. The maximum atomic E-state index is 10.7. The fraction of sp³-hybridized carbons (Fsp3) is 0.571. The molecule has 1 atom stereocenters. The topological polar surface area (TPSA) is 68.0 Å². The molecular weight excluding hydrogens is 158 g/mol. The first kappa shape index (κ1) is 7.27. The van der Waals surface area contributed by atoms with Gasteiger partial charge in [0.15, 0.2) is 0 Å². The lowest BCUT2D eigenvalue weighted by Gasteiger charge is -2.18. The van der Waals surface area contributed by atoms with Crippen LogP contribution in [-0.4, -0.2) is 25.8 Å². The largest absolute Gasteiger partial charge is 0.481 e. The third-order valence-corrected chi connectivity index (χ3v) is 2.15. The Balaban J connectivity index is 2.37. The Labute approximate surface area is 69.0 Å². The summed E-state index contributed by atoms with van der Waals surface area (Å²) in [7, 11) is 0. The molecule has 1 aromatic heterocycles. The summed E-state index contributed by atoms with van der Waals surface area (Å²) in [5, 5.41) is 16.3.